The van der Waals surface area contributed by atoms with Crippen LogP contribution in [0.25, 0.3) is 0 Å². The zero-order chi connectivity index (χ0) is 34.0. The molecule has 0 heterocycles. The SMILES string of the molecule is C=O.C=O.C=O.C=O.CCCCCCCCCNB(P)I.CCOC(=O)NCCCCC(NC(=O)OCC)C(=O)NC. The van der Waals surface area contributed by atoms with Crippen LogP contribution in [0.15, 0.2) is 0 Å². The molecule has 16 heteroatoms. The molecule has 0 rings (SSSR count). The lowest BCUT2D eigenvalue weighted by Gasteiger charge is -2.16. The monoisotopic (exact) mass is 736 g/mol. The fourth-order valence-electron chi connectivity index (χ4n) is 2.93. The van der Waals surface area contributed by atoms with E-state index >= 15 is 0 Å². The molecule has 3 amide bonds. The number of likely N-dealkylation sites (N-methyl/N-ethyl adjacent to an activating group) is 1. The van der Waals surface area contributed by atoms with Gasteiger partial charge < -0.3 is 49.8 Å². The van der Waals surface area contributed by atoms with Crippen LogP contribution >= 0.6 is 31.5 Å². The first-order chi connectivity index (χ1) is 20.3. The summed E-state index contributed by atoms with van der Waals surface area (Å²) in [5.41, 5.74) is 0. The van der Waals surface area contributed by atoms with Crippen LogP contribution in [-0.2, 0) is 33.4 Å². The van der Waals surface area contributed by atoms with Gasteiger partial charge in [0.25, 0.3) is 0 Å². The van der Waals surface area contributed by atoms with E-state index < -0.39 is 18.2 Å². The average Bonchev–Trinajstić information content (AvgIpc) is 3.01. The highest BCUT2D eigenvalue weighted by Crippen LogP contribution is 2.07. The number of rotatable bonds is 18. The summed E-state index contributed by atoms with van der Waals surface area (Å²) in [5.74, 6) is -0.276. The number of amides is 3. The van der Waals surface area contributed by atoms with Crippen molar-refractivity contribution in [2.45, 2.75) is 91.0 Å². The number of hydrogen-bond donors (Lipinski definition) is 4. The molecule has 0 saturated heterocycles. The van der Waals surface area contributed by atoms with Gasteiger partial charge in [-0.3, -0.25) is 4.79 Å². The van der Waals surface area contributed by atoms with E-state index in [0.29, 0.717) is 36.8 Å². The van der Waals surface area contributed by atoms with Crippen molar-refractivity contribution >= 4 is 81.2 Å². The van der Waals surface area contributed by atoms with Gasteiger partial charge in [-0.2, -0.15) is 0 Å². The number of halogens is 1. The van der Waals surface area contributed by atoms with Crippen molar-refractivity contribution in [3.05, 3.63) is 0 Å². The predicted octanol–water partition coefficient (Wildman–Crippen LogP) is 3.65. The molecular formula is C26H55BIN4O9P. The summed E-state index contributed by atoms with van der Waals surface area (Å²) >= 11 is 2.37. The standard InChI is InChI=1S/C13H25N3O5.C9H22BINP.4CH2O/c1-4-20-12(18)15-9-7-6-8-10(11(17)14-3)16-13(19)21-5-2;1-2-3-4-5-6-7-8-9-12-10(11)13;4*1-2/h10H,4-9H2,1-3H3,(H,14,17)(H,15,18)(H,16,19);12H,2-9,13H2,1H3;4*1H2. The zero-order valence-electron chi connectivity index (χ0n) is 26.0. The summed E-state index contributed by atoms with van der Waals surface area (Å²) in [5, 5.41) is 11.0. The minimum atomic E-state index is -0.642. The molecule has 0 aromatic carbocycles. The average molecular weight is 736 g/mol. The van der Waals surface area contributed by atoms with E-state index in [2.05, 4.69) is 59.6 Å². The number of alkyl carbamates (subject to hydrolysis) is 2. The van der Waals surface area contributed by atoms with Crippen LogP contribution < -0.4 is 21.2 Å². The van der Waals surface area contributed by atoms with Gasteiger partial charge in [-0.05, 0) is 46.1 Å². The van der Waals surface area contributed by atoms with E-state index in [1.807, 2.05) is 27.2 Å². The summed E-state index contributed by atoms with van der Waals surface area (Å²) in [7, 11) is 4.26. The Labute approximate surface area is 269 Å². The number of unbranched alkanes of at least 4 members (excludes halogenated alkanes) is 7. The number of carbonyl (C=O) groups is 7. The predicted molar refractivity (Wildman–Crippen MR) is 181 cm³/mol. The Morgan fingerprint density at radius 3 is 1.64 bits per heavy atom. The molecule has 0 radical (unpaired) electrons. The maximum atomic E-state index is 11.6. The molecule has 13 nitrogen and oxygen atoms in total. The van der Waals surface area contributed by atoms with E-state index in [1.165, 1.54) is 58.5 Å². The third-order valence-electron chi connectivity index (χ3n) is 4.71. The van der Waals surface area contributed by atoms with Gasteiger partial charge in [0.2, 0.25) is 5.91 Å². The molecule has 0 bridgehead atoms. The summed E-state index contributed by atoms with van der Waals surface area (Å²) in [4.78, 5) is 66.0. The van der Waals surface area contributed by atoms with Crippen LogP contribution in [0.3, 0.4) is 0 Å². The summed E-state index contributed by atoms with van der Waals surface area (Å²) in [6, 6.07) is -0.642. The quantitative estimate of drug-likeness (QED) is 0.0701. The number of nitrogens with one attached hydrogen (secondary N) is 4. The Kier molecular flexibility index (Phi) is 64.5. The Balaban J connectivity index is -0.000000132. The third kappa shape index (κ3) is 50.7. The molecule has 0 aliphatic rings. The Morgan fingerprint density at radius 1 is 0.738 bits per heavy atom. The van der Waals surface area contributed by atoms with Gasteiger partial charge in [-0.25, -0.2) is 9.59 Å². The Bertz CT molecular complexity index is 582. The molecule has 2 unspecified atom stereocenters. The van der Waals surface area contributed by atoms with Gasteiger partial charge in [0, 0.05) is 13.6 Å². The van der Waals surface area contributed by atoms with Crippen LogP contribution in [0.4, 0.5) is 9.59 Å². The molecule has 4 N–H and O–H groups in total. The molecule has 0 saturated carbocycles. The Morgan fingerprint density at radius 2 is 1.19 bits per heavy atom. The highest BCUT2D eigenvalue weighted by molar-refractivity contribution is 14.1. The van der Waals surface area contributed by atoms with E-state index in [4.69, 9.17) is 28.7 Å². The van der Waals surface area contributed by atoms with Gasteiger partial charge in [0.15, 0.2) is 0 Å². The molecule has 0 aromatic heterocycles. The fourth-order valence-corrected chi connectivity index (χ4v) is 3.40. The van der Waals surface area contributed by atoms with Crippen molar-refractivity contribution in [2.24, 2.45) is 0 Å². The van der Waals surface area contributed by atoms with Gasteiger partial charge >= 0.3 is 16.6 Å². The molecule has 42 heavy (non-hydrogen) atoms. The van der Waals surface area contributed by atoms with Crippen LogP contribution in [-0.4, -0.2) is 89.1 Å². The Hall–Kier alpha value is -2.13. The van der Waals surface area contributed by atoms with E-state index in [1.54, 1.807) is 13.8 Å². The second kappa shape index (κ2) is 51.6. The van der Waals surface area contributed by atoms with E-state index in [0.717, 1.165) is 0 Å². The van der Waals surface area contributed by atoms with Crippen molar-refractivity contribution < 1.29 is 43.0 Å². The smallest absolute Gasteiger partial charge is 0.407 e. The van der Waals surface area contributed by atoms with Crippen molar-refractivity contribution in [3.63, 3.8) is 0 Å². The van der Waals surface area contributed by atoms with Crippen molar-refractivity contribution in [2.75, 3.05) is 33.4 Å². The van der Waals surface area contributed by atoms with Crippen LogP contribution in [0.1, 0.15) is 85.0 Å². The van der Waals surface area contributed by atoms with Crippen LogP contribution in [0.2, 0.25) is 0 Å². The first-order valence-corrected chi connectivity index (χ1v) is 15.6. The minimum absolute atomic E-state index is 0.246. The van der Waals surface area contributed by atoms with Crippen LogP contribution in [0.5, 0.6) is 0 Å². The van der Waals surface area contributed by atoms with Crippen molar-refractivity contribution in [1.82, 2.24) is 21.2 Å². The highest BCUT2D eigenvalue weighted by Gasteiger charge is 2.19. The molecule has 0 fully saturated rings. The lowest BCUT2D eigenvalue weighted by atomic mass is 10.1. The molecular weight excluding hydrogens is 681 g/mol. The van der Waals surface area contributed by atoms with Crippen molar-refractivity contribution in [3.8, 4) is 0 Å². The van der Waals surface area contributed by atoms with Gasteiger partial charge in [0.05, 0.1) is 13.2 Å². The molecule has 0 spiro atoms. The maximum Gasteiger partial charge on any atom is 0.407 e. The van der Waals surface area contributed by atoms with Gasteiger partial charge in [0.1, 0.15) is 33.2 Å². The van der Waals surface area contributed by atoms with Gasteiger partial charge in [-0.1, -0.05) is 45.4 Å². The summed E-state index contributed by atoms with van der Waals surface area (Å²) in [6.07, 6.45) is 10.5. The fraction of sp³-hybridized carbons (Fsp3) is 0.731. The molecule has 0 aliphatic carbocycles. The minimum Gasteiger partial charge on any atom is -0.450 e. The summed E-state index contributed by atoms with van der Waals surface area (Å²) < 4.78 is 10.0. The molecule has 248 valence electrons. The topological polar surface area (TPSA) is 186 Å². The summed E-state index contributed by atoms with van der Waals surface area (Å²) in [6.45, 7) is 15.9. The number of ether oxygens (including phenoxy) is 2. The second-order valence-corrected chi connectivity index (χ2v) is 11.0. The molecule has 2 atom stereocenters. The first-order valence-electron chi connectivity index (χ1n) is 13.7. The van der Waals surface area contributed by atoms with Crippen molar-refractivity contribution in [1.29, 1.82) is 0 Å². The van der Waals surface area contributed by atoms with Gasteiger partial charge in [-0.15, -0.1) is 31.5 Å². The molecule has 0 aliphatic heterocycles. The largest absolute Gasteiger partial charge is 0.450 e. The molecule has 0 aromatic rings. The number of hydrogen-bond acceptors (Lipinski definition) is 10. The maximum absolute atomic E-state index is 11.6. The lowest BCUT2D eigenvalue weighted by Crippen LogP contribution is -2.45. The zero-order valence-corrected chi connectivity index (χ0v) is 29.3. The van der Waals surface area contributed by atoms with Crippen LogP contribution in [0, 0.1) is 0 Å². The number of carbonyl (C=O) groups excluding carboxylic acids is 7. The lowest BCUT2D eigenvalue weighted by molar-refractivity contribution is -0.122. The van der Waals surface area contributed by atoms with E-state index in [9.17, 15) is 14.4 Å². The third-order valence-corrected chi connectivity index (χ3v) is 5.39. The van der Waals surface area contributed by atoms with E-state index in [-0.39, 0.29) is 12.5 Å². The normalized spacial score (nSPS) is 9.19. The highest BCUT2D eigenvalue weighted by atomic mass is 127. The second-order valence-electron chi connectivity index (χ2n) is 7.65. The first kappa shape index (κ1) is 52.5.